The van der Waals surface area contributed by atoms with Crippen LogP contribution in [0.4, 0.5) is 0 Å². The smallest absolute Gasteiger partial charge is 0.224 e. The number of hydrogen-bond acceptors (Lipinski definition) is 2. The highest BCUT2D eigenvalue weighted by Gasteiger charge is 2.14. The number of nitrogens with two attached hydrogens (primary N) is 1. The van der Waals surface area contributed by atoms with Crippen molar-refractivity contribution in [2.24, 2.45) is 5.73 Å². The Morgan fingerprint density at radius 2 is 2.45 bits per heavy atom. The van der Waals surface area contributed by atoms with Gasteiger partial charge in [0.05, 0.1) is 12.1 Å². The lowest BCUT2D eigenvalue weighted by molar-refractivity contribution is -0.119. The van der Waals surface area contributed by atoms with Crippen LogP contribution in [0.15, 0.2) is 6.20 Å². The van der Waals surface area contributed by atoms with E-state index >= 15 is 0 Å². The summed E-state index contributed by atoms with van der Waals surface area (Å²) in [7, 11) is 0. The van der Waals surface area contributed by atoms with E-state index in [1.807, 2.05) is 6.92 Å². The zero-order valence-corrected chi connectivity index (χ0v) is 6.59. The molecule has 0 aromatic carbocycles. The Morgan fingerprint density at radius 1 is 1.82 bits per heavy atom. The van der Waals surface area contributed by atoms with Gasteiger partial charge in [0, 0.05) is 11.3 Å². The van der Waals surface area contributed by atoms with Gasteiger partial charge < -0.3 is 5.73 Å². The lowest BCUT2D eigenvalue weighted by atomic mass is 10.0. The number of aryl methyl sites for hydroxylation is 1. The van der Waals surface area contributed by atoms with Gasteiger partial charge in [-0.05, 0) is 13.8 Å². The van der Waals surface area contributed by atoms with Gasteiger partial charge in [-0.25, -0.2) is 0 Å². The van der Waals surface area contributed by atoms with E-state index in [4.69, 9.17) is 5.73 Å². The molecule has 60 valence electrons. The monoisotopic (exact) mass is 153 g/mol. The number of carbonyl (C=O) groups is 1. The summed E-state index contributed by atoms with van der Waals surface area (Å²) in [5, 5.41) is 6.54. The molecule has 1 aromatic rings. The van der Waals surface area contributed by atoms with Crippen molar-refractivity contribution in [2.45, 2.75) is 19.8 Å². The third-order valence-electron chi connectivity index (χ3n) is 1.76. The number of rotatable bonds is 2. The lowest BCUT2D eigenvalue weighted by Gasteiger charge is -2.03. The summed E-state index contributed by atoms with van der Waals surface area (Å²) in [6.45, 7) is 3.63. The minimum atomic E-state index is -0.325. The van der Waals surface area contributed by atoms with Crippen LogP contribution < -0.4 is 5.73 Å². The molecule has 11 heavy (non-hydrogen) atoms. The summed E-state index contributed by atoms with van der Waals surface area (Å²) in [5.41, 5.74) is 6.89. The number of hydrogen-bond donors (Lipinski definition) is 2. The van der Waals surface area contributed by atoms with E-state index in [2.05, 4.69) is 10.2 Å². The van der Waals surface area contributed by atoms with Crippen LogP contribution in [0, 0.1) is 6.92 Å². The quantitative estimate of drug-likeness (QED) is 0.641. The predicted octanol–water partition coefficient (Wildman–Crippen LogP) is 0.307. The second-order valence-electron chi connectivity index (χ2n) is 2.57. The Hall–Kier alpha value is -1.32. The molecular weight excluding hydrogens is 142 g/mol. The standard InChI is InChI=1S/C7H11N3O/c1-4(7(8)11)6-3-9-10-5(6)2/h3-4H,1-2H3,(H2,8,11)(H,9,10)/t4-/m1/s1. The van der Waals surface area contributed by atoms with Gasteiger partial charge in [-0.3, -0.25) is 9.89 Å². The van der Waals surface area contributed by atoms with Crippen molar-refractivity contribution in [1.82, 2.24) is 10.2 Å². The number of nitrogens with zero attached hydrogens (tertiary/aromatic N) is 1. The van der Waals surface area contributed by atoms with Crippen LogP contribution in [-0.4, -0.2) is 16.1 Å². The molecule has 0 aliphatic heterocycles. The molecule has 0 unspecified atom stereocenters. The van der Waals surface area contributed by atoms with Crippen molar-refractivity contribution in [3.05, 3.63) is 17.5 Å². The highest BCUT2D eigenvalue weighted by Crippen LogP contribution is 2.15. The van der Waals surface area contributed by atoms with Gasteiger partial charge in [-0.1, -0.05) is 0 Å². The zero-order valence-electron chi connectivity index (χ0n) is 6.59. The van der Waals surface area contributed by atoms with E-state index in [9.17, 15) is 4.79 Å². The first-order chi connectivity index (χ1) is 5.13. The average Bonchev–Trinajstić information content (AvgIpc) is 2.33. The molecule has 4 nitrogen and oxygen atoms in total. The van der Waals surface area contributed by atoms with Gasteiger partial charge in [0.2, 0.25) is 5.91 Å². The molecule has 0 radical (unpaired) electrons. The molecule has 0 fully saturated rings. The number of primary amides is 1. The predicted molar refractivity (Wildman–Crippen MR) is 40.9 cm³/mol. The molecule has 3 N–H and O–H groups in total. The van der Waals surface area contributed by atoms with Gasteiger partial charge >= 0.3 is 0 Å². The number of amides is 1. The Bertz CT molecular complexity index is 266. The number of H-pyrrole nitrogens is 1. The fraction of sp³-hybridized carbons (Fsp3) is 0.429. The number of aromatic nitrogens is 2. The molecule has 0 aliphatic carbocycles. The molecule has 0 spiro atoms. The number of carbonyl (C=O) groups excluding carboxylic acids is 1. The van der Waals surface area contributed by atoms with E-state index in [-0.39, 0.29) is 11.8 Å². The minimum Gasteiger partial charge on any atom is -0.369 e. The Morgan fingerprint density at radius 3 is 2.82 bits per heavy atom. The molecule has 1 rings (SSSR count). The maximum absolute atomic E-state index is 10.7. The van der Waals surface area contributed by atoms with Crippen LogP contribution in [0.1, 0.15) is 24.1 Å². The summed E-state index contributed by atoms with van der Waals surface area (Å²) < 4.78 is 0. The average molecular weight is 153 g/mol. The molecule has 1 atom stereocenters. The molecule has 0 bridgehead atoms. The van der Waals surface area contributed by atoms with Crippen LogP contribution in [0.2, 0.25) is 0 Å². The van der Waals surface area contributed by atoms with E-state index < -0.39 is 0 Å². The second-order valence-corrected chi connectivity index (χ2v) is 2.57. The molecule has 0 aliphatic rings. The summed E-state index contributed by atoms with van der Waals surface area (Å²) in [6, 6.07) is 0. The summed E-state index contributed by atoms with van der Waals surface area (Å²) in [6.07, 6.45) is 1.63. The van der Waals surface area contributed by atoms with E-state index in [0.717, 1.165) is 11.3 Å². The number of nitrogens with one attached hydrogen (secondary N) is 1. The topological polar surface area (TPSA) is 71.8 Å². The first kappa shape index (κ1) is 7.78. The number of aromatic amines is 1. The van der Waals surface area contributed by atoms with E-state index in [0.29, 0.717) is 0 Å². The van der Waals surface area contributed by atoms with Gasteiger partial charge in [0.15, 0.2) is 0 Å². The van der Waals surface area contributed by atoms with Crippen molar-refractivity contribution in [3.63, 3.8) is 0 Å². The van der Waals surface area contributed by atoms with Crippen molar-refractivity contribution in [1.29, 1.82) is 0 Å². The van der Waals surface area contributed by atoms with Gasteiger partial charge in [0.25, 0.3) is 0 Å². The van der Waals surface area contributed by atoms with E-state index in [1.54, 1.807) is 13.1 Å². The zero-order chi connectivity index (χ0) is 8.43. The van der Waals surface area contributed by atoms with Crippen molar-refractivity contribution in [3.8, 4) is 0 Å². The van der Waals surface area contributed by atoms with Crippen LogP contribution >= 0.6 is 0 Å². The maximum atomic E-state index is 10.7. The largest absolute Gasteiger partial charge is 0.369 e. The first-order valence-electron chi connectivity index (χ1n) is 3.42. The fourth-order valence-corrected chi connectivity index (χ4v) is 0.950. The van der Waals surface area contributed by atoms with Crippen molar-refractivity contribution >= 4 is 5.91 Å². The fourth-order valence-electron chi connectivity index (χ4n) is 0.950. The molecule has 1 heterocycles. The Balaban J connectivity index is 2.92. The van der Waals surface area contributed by atoms with Crippen LogP contribution in [0.5, 0.6) is 0 Å². The van der Waals surface area contributed by atoms with Gasteiger partial charge in [0.1, 0.15) is 0 Å². The van der Waals surface area contributed by atoms with E-state index in [1.165, 1.54) is 0 Å². The van der Waals surface area contributed by atoms with Crippen molar-refractivity contribution < 1.29 is 4.79 Å². The van der Waals surface area contributed by atoms with Crippen molar-refractivity contribution in [2.75, 3.05) is 0 Å². The van der Waals surface area contributed by atoms with Gasteiger partial charge in [-0.15, -0.1) is 0 Å². The highest BCUT2D eigenvalue weighted by molar-refractivity contribution is 5.81. The molecule has 0 saturated heterocycles. The minimum absolute atomic E-state index is 0.256. The molecule has 1 aromatic heterocycles. The third kappa shape index (κ3) is 1.39. The van der Waals surface area contributed by atoms with Crippen LogP contribution in [0.3, 0.4) is 0 Å². The van der Waals surface area contributed by atoms with Crippen LogP contribution in [0.25, 0.3) is 0 Å². The van der Waals surface area contributed by atoms with Gasteiger partial charge in [-0.2, -0.15) is 5.10 Å². The lowest BCUT2D eigenvalue weighted by Crippen LogP contribution is -2.18. The normalized spacial score (nSPS) is 12.9. The third-order valence-corrected chi connectivity index (χ3v) is 1.76. The Kier molecular flexibility index (Phi) is 1.94. The van der Waals surface area contributed by atoms with Crippen LogP contribution in [-0.2, 0) is 4.79 Å². The maximum Gasteiger partial charge on any atom is 0.224 e. The summed E-state index contributed by atoms with van der Waals surface area (Å²) in [4.78, 5) is 10.7. The summed E-state index contributed by atoms with van der Waals surface area (Å²) >= 11 is 0. The second kappa shape index (κ2) is 2.74. The molecule has 1 amide bonds. The molecule has 4 heteroatoms. The molecule has 0 saturated carbocycles. The first-order valence-corrected chi connectivity index (χ1v) is 3.42. The highest BCUT2D eigenvalue weighted by atomic mass is 16.1. The SMILES string of the molecule is Cc1[nH]ncc1[C@@H](C)C(N)=O. The Labute approximate surface area is 64.8 Å². The molecular formula is C7H11N3O. The summed E-state index contributed by atoms with van der Waals surface area (Å²) in [5.74, 6) is -0.580.